The summed E-state index contributed by atoms with van der Waals surface area (Å²) < 4.78 is 0. The first-order valence-corrected chi connectivity index (χ1v) is 8.16. The molecular weight excluding hydrogens is 244 g/mol. The van der Waals surface area contributed by atoms with Gasteiger partial charge in [-0.2, -0.15) is 0 Å². The number of piperidine rings is 1. The molecule has 1 unspecified atom stereocenters. The van der Waals surface area contributed by atoms with Crippen molar-refractivity contribution in [3.8, 4) is 0 Å². The smallest absolute Gasteiger partial charge is 0.0374 e. The molecule has 2 rings (SSSR count). The lowest BCUT2D eigenvalue weighted by Crippen LogP contribution is -2.39. The summed E-state index contributed by atoms with van der Waals surface area (Å²) in [4.78, 5) is 2.61. The van der Waals surface area contributed by atoms with Gasteiger partial charge in [-0.25, -0.2) is 0 Å². The average Bonchev–Trinajstić information content (AvgIpc) is 2.44. The van der Waals surface area contributed by atoms with E-state index in [9.17, 15) is 0 Å². The van der Waals surface area contributed by atoms with Gasteiger partial charge in [-0.15, -0.1) is 0 Å². The molecule has 1 aromatic rings. The second-order valence-electron chi connectivity index (χ2n) is 6.43. The highest BCUT2D eigenvalue weighted by atomic mass is 15.1. The van der Waals surface area contributed by atoms with Crippen molar-refractivity contribution in [1.29, 1.82) is 0 Å². The molecule has 0 bridgehead atoms. The van der Waals surface area contributed by atoms with Crippen LogP contribution < -0.4 is 5.32 Å². The molecule has 2 heteroatoms. The summed E-state index contributed by atoms with van der Waals surface area (Å²) in [7, 11) is 0. The predicted molar refractivity (Wildman–Crippen MR) is 88.5 cm³/mol. The van der Waals surface area contributed by atoms with E-state index >= 15 is 0 Å². The van der Waals surface area contributed by atoms with Gasteiger partial charge < -0.3 is 10.2 Å². The highest BCUT2D eigenvalue weighted by molar-refractivity contribution is 5.53. The number of hydrogen-bond donors (Lipinski definition) is 1. The minimum absolute atomic E-state index is 0.569. The number of nitrogens with one attached hydrogen (secondary N) is 1. The van der Waals surface area contributed by atoms with Gasteiger partial charge in [0.15, 0.2) is 0 Å². The molecule has 0 spiro atoms. The van der Waals surface area contributed by atoms with Gasteiger partial charge in [0, 0.05) is 11.7 Å². The molecule has 20 heavy (non-hydrogen) atoms. The third-order valence-corrected chi connectivity index (χ3v) is 4.66. The van der Waals surface area contributed by atoms with E-state index in [2.05, 4.69) is 56.1 Å². The third-order valence-electron chi connectivity index (χ3n) is 4.66. The Bertz CT molecular complexity index is 419. The molecule has 0 aromatic heterocycles. The summed E-state index contributed by atoms with van der Waals surface area (Å²) in [6, 6.07) is 7.25. The van der Waals surface area contributed by atoms with Crippen molar-refractivity contribution >= 4 is 5.69 Å². The fourth-order valence-electron chi connectivity index (χ4n) is 3.25. The summed E-state index contributed by atoms with van der Waals surface area (Å²) in [5, 5.41) is 3.75. The van der Waals surface area contributed by atoms with Crippen molar-refractivity contribution in [2.24, 2.45) is 5.92 Å². The Kier molecular flexibility index (Phi) is 5.47. The fourth-order valence-corrected chi connectivity index (χ4v) is 3.25. The summed E-state index contributed by atoms with van der Waals surface area (Å²) in [5.74, 6) is 0.808. The number of hydrogen-bond acceptors (Lipinski definition) is 2. The Morgan fingerprint density at radius 3 is 2.60 bits per heavy atom. The predicted octanol–water partition coefficient (Wildman–Crippen LogP) is 4.23. The molecule has 1 heterocycles. The maximum absolute atomic E-state index is 3.75. The summed E-state index contributed by atoms with van der Waals surface area (Å²) in [6.45, 7) is 12.8. The zero-order valence-corrected chi connectivity index (χ0v) is 13.6. The minimum atomic E-state index is 0.569. The summed E-state index contributed by atoms with van der Waals surface area (Å²) >= 11 is 0. The Balaban J connectivity index is 1.89. The van der Waals surface area contributed by atoms with Gasteiger partial charge in [0.05, 0.1) is 0 Å². The monoisotopic (exact) mass is 274 g/mol. The summed E-state index contributed by atoms with van der Waals surface area (Å²) in [5.41, 5.74) is 4.00. The Morgan fingerprint density at radius 2 is 1.95 bits per heavy atom. The Labute approximate surface area is 124 Å². The van der Waals surface area contributed by atoms with E-state index in [1.54, 1.807) is 0 Å². The molecule has 1 saturated heterocycles. The van der Waals surface area contributed by atoms with Crippen LogP contribution in [-0.2, 0) is 0 Å². The molecular formula is C18H30N2. The second kappa shape index (κ2) is 7.12. The largest absolute Gasteiger partial charge is 0.382 e. The highest BCUT2D eigenvalue weighted by Crippen LogP contribution is 2.25. The van der Waals surface area contributed by atoms with Crippen molar-refractivity contribution in [3.05, 3.63) is 29.3 Å². The number of rotatable bonds is 5. The van der Waals surface area contributed by atoms with Crippen LogP contribution in [0.15, 0.2) is 18.2 Å². The number of likely N-dealkylation sites (tertiary alicyclic amines) is 1. The molecule has 2 nitrogen and oxygen atoms in total. The molecule has 1 aliphatic rings. The molecule has 1 N–H and O–H groups in total. The normalized spacial score (nSPS) is 19.0. The first kappa shape index (κ1) is 15.4. The maximum Gasteiger partial charge on any atom is 0.0374 e. The summed E-state index contributed by atoms with van der Waals surface area (Å²) in [6.07, 6.45) is 3.94. The van der Waals surface area contributed by atoms with E-state index in [-0.39, 0.29) is 0 Å². The first-order chi connectivity index (χ1) is 9.60. The van der Waals surface area contributed by atoms with Crippen molar-refractivity contribution in [3.63, 3.8) is 0 Å². The zero-order chi connectivity index (χ0) is 14.5. The van der Waals surface area contributed by atoms with Gasteiger partial charge in [0.25, 0.3) is 0 Å². The van der Waals surface area contributed by atoms with Crippen LogP contribution in [0.25, 0.3) is 0 Å². The van der Waals surface area contributed by atoms with Gasteiger partial charge in [-0.05, 0) is 82.8 Å². The molecule has 0 aliphatic carbocycles. The maximum atomic E-state index is 3.75. The fraction of sp³-hybridized carbons (Fsp3) is 0.667. The van der Waals surface area contributed by atoms with Crippen LogP contribution in [0.4, 0.5) is 5.69 Å². The van der Waals surface area contributed by atoms with Crippen LogP contribution in [0.1, 0.15) is 44.2 Å². The van der Waals surface area contributed by atoms with Crippen LogP contribution in [0.5, 0.6) is 0 Å². The van der Waals surface area contributed by atoms with Gasteiger partial charge in [0.2, 0.25) is 0 Å². The van der Waals surface area contributed by atoms with Gasteiger partial charge in [-0.1, -0.05) is 19.1 Å². The number of anilines is 1. The molecule has 1 aliphatic heterocycles. The lowest BCUT2D eigenvalue weighted by atomic mass is 9.90. The van der Waals surface area contributed by atoms with E-state index in [0.29, 0.717) is 6.04 Å². The molecule has 1 fully saturated rings. The van der Waals surface area contributed by atoms with E-state index < -0.39 is 0 Å². The molecule has 112 valence electrons. The third kappa shape index (κ3) is 3.99. The first-order valence-electron chi connectivity index (χ1n) is 8.16. The highest BCUT2D eigenvalue weighted by Gasteiger charge is 2.23. The van der Waals surface area contributed by atoms with Crippen molar-refractivity contribution in [1.82, 2.24) is 4.90 Å². The van der Waals surface area contributed by atoms with E-state index in [1.165, 1.54) is 55.7 Å². The van der Waals surface area contributed by atoms with Crippen LogP contribution >= 0.6 is 0 Å². The molecule has 0 saturated carbocycles. The van der Waals surface area contributed by atoms with Crippen LogP contribution in [0, 0.1) is 19.8 Å². The topological polar surface area (TPSA) is 15.3 Å². The van der Waals surface area contributed by atoms with Crippen molar-refractivity contribution in [2.45, 2.75) is 53.0 Å². The van der Waals surface area contributed by atoms with Gasteiger partial charge >= 0.3 is 0 Å². The standard InChI is InChI=1S/C18H30N2/c1-5-10-20-11-8-17(9-12-20)16(4)19-18-13-14(2)6-7-15(18)3/h6-7,13,16-17,19H,5,8-12H2,1-4H3. The molecule has 0 radical (unpaired) electrons. The van der Waals surface area contributed by atoms with Crippen molar-refractivity contribution < 1.29 is 0 Å². The zero-order valence-electron chi connectivity index (χ0n) is 13.6. The van der Waals surface area contributed by atoms with Gasteiger partial charge in [-0.3, -0.25) is 0 Å². The van der Waals surface area contributed by atoms with Crippen LogP contribution in [0.3, 0.4) is 0 Å². The number of nitrogens with zero attached hydrogens (tertiary/aromatic N) is 1. The van der Waals surface area contributed by atoms with E-state index in [4.69, 9.17) is 0 Å². The van der Waals surface area contributed by atoms with Crippen LogP contribution in [-0.4, -0.2) is 30.6 Å². The van der Waals surface area contributed by atoms with E-state index in [0.717, 1.165) is 5.92 Å². The molecule has 1 aromatic carbocycles. The van der Waals surface area contributed by atoms with Crippen LogP contribution in [0.2, 0.25) is 0 Å². The minimum Gasteiger partial charge on any atom is -0.382 e. The Hall–Kier alpha value is -1.02. The van der Waals surface area contributed by atoms with Gasteiger partial charge in [0.1, 0.15) is 0 Å². The van der Waals surface area contributed by atoms with E-state index in [1.807, 2.05) is 0 Å². The lowest BCUT2D eigenvalue weighted by Gasteiger charge is -2.35. The molecule has 1 atom stereocenters. The number of benzene rings is 1. The quantitative estimate of drug-likeness (QED) is 0.864. The SMILES string of the molecule is CCCN1CCC(C(C)Nc2cc(C)ccc2C)CC1. The Morgan fingerprint density at radius 1 is 1.25 bits per heavy atom. The molecule has 0 amide bonds. The number of aryl methyl sites for hydroxylation is 2. The van der Waals surface area contributed by atoms with Crippen molar-refractivity contribution in [2.75, 3.05) is 25.0 Å². The second-order valence-corrected chi connectivity index (χ2v) is 6.43. The lowest BCUT2D eigenvalue weighted by molar-refractivity contribution is 0.176. The average molecular weight is 274 g/mol.